The van der Waals surface area contributed by atoms with Crippen LogP contribution in [0.15, 0.2) is 51.6 Å². The molecule has 2 aromatic carbocycles. The monoisotopic (exact) mass is 610 g/mol. The maximum absolute atomic E-state index is 14.5. The molecule has 38 heavy (non-hydrogen) atoms. The van der Waals surface area contributed by atoms with Crippen molar-refractivity contribution in [3.63, 3.8) is 0 Å². The van der Waals surface area contributed by atoms with Gasteiger partial charge in [0, 0.05) is 11.3 Å². The highest BCUT2D eigenvalue weighted by Gasteiger charge is 2.73. The molecule has 0 atom stereocenters. The number of benzene rings is 2. The average molecular weight is 611 g/mol. The van der Waals surface area contributed by atoms with Crippen molar-refractivity contribution < 1.29 is 49.5 Å². The van der Waals surface area contributed by atoms with E-state index in [1.54, 1.807) is 0 Å². The Morgan fingerprint density at radius 2 is 1.45 bits per heavy atom. The van der Waals surface area contributed by atoms with Crippen molar-refractivity contribution in [2.75, 3.05) is 17.7 Å². The number of ether oxygens (including phenoxy) is 1. The quantitative estimate of drug-likeness (QED) is 0.284. The third kappa shape index (κ3) is 5.35. The number of methoxy groups -OCH3 is 1. The lowest BCUT2D eigenvalue weighted by molar-refractivity contribution is -0.348. The van der Waals surface area contributed by atoms with E-state index in [4.69, 9.17) is 9.15 Å². The summed E-state index contributed by atoms with van der Waals surface area (Å²) in [5.74, 6) is -1.68. The molecule has 2 amide bonds. The van der Waals surface area contributed by atoms with E-state index in [-0.39, 0.29) is 39.6 Å². The molecule has 0 saturated carbocycles. The summed E-state index contributed by atoms with van der Waals surface area (Å²) in [5, 5.41) is 4.91. The Labute approximate surface area is 219 Å². The molecule has 0 saturated heterocycles. The lowest BCUT2D eigenvalue weighted by Gasteiger charge is -2.31. The van der Waals surface area contributed by atoms with Crippen LogP contribution >= 0.6 is 15.9 Å². The molecule has 3 rings (SSSR count). The van der Waals surface area contributed by atoms with E-state index in [2.05, 4.69) is 26.6 Å². The van der Waals surface area contributed by atoms with Crippen molar-refractivity contribution >= 4 is 39.1 Å². The van der Waals surface area contributed by atoms with Gasteiger partial charge in [0.2, 0.25) is 0 Å². The van der Waals surface area contributed by atoms with E-state index in [0.717, 1.165) is 13.8 Å². The average Bonchev–Trinajstić information content (AvgIpc) is 3.25. The number of carbonyl (C=O) groups is 2. The molecule has 6 nitrogen and oxygen atoms in total. The van der Waals surface area contributed by atoms with Crippen LogP contribution in [0.4, 0.5) is 42.1 Å². The van der Waals surface area contributed by atoms with E-state index in [0.29, 0.717) is 16.8 Å². The summed E-state index contributed by atoms with van der Waals surface area (Å²) in [6.07, 6.45) is -12.6. The highest BCUT2D eigenvalue weighted by molar-refractivity contribution is 9.10. The van der Waals surface area contributed by atoms with E-state index in [1.807, 2.05) is 0 Å². The lowest BCUT2D eigenvalue weighted by Crippen LogP contribution is -2.50. The SMILES string of the molecule is COc1c(NC(=O)c2ccc(Br)o2)cccc1C(=O)Nc1c(C)cc(C(F)(C(F)(F)F)C(F)(F)F)cc1C. The Balaban J connectivity index is 1.95. The van der Waals surface area contributed by atoms with E-state index in [1.165, 1.54) is 37.4 Å². The fourth-order valence-electron chi connectivity index (χ4n) is 3.68. The second-order valence-electron chi connectivity index (χ2n) is 8.04. The van der Waals surface area contributed by atoms with Gasteiger partial charge >= 0.3 is 18.0 Å². The maximum atomic E-state index is 14.5. The summed E-state index contributed by atoms with van der Waals surface area (Å²) >= 11 is 3.07. The zero-order valence-electron chi connectivity index (χ0n) is 19.7. The van der Waals surface area contributed by atoms with Crippen LogP contribution in [0.3, 0.4) is 0 Å². The summed E-state index contributed by atoms with van der Waals surface area (Å²) in [6.45, 7) is 2.24. The van der Waals surface area contributed by atoms with Crippen LogP contribution in [-0.4, -0.2) is 31.3 Å². The van der Waals surface area contributed by atoms with Crippen molar-refractivity contribution in [2.24, 2.45) is 0 Å². The van der Waals surface area contributed by atoms with Gasteiger partial charge in [0.25, 0.3) is 11.8 Å². The van der Waals surface area contributed by atoms with Gasteiger partial charge < -0.3 is 19.8 Å². The molecule has 0 aliphatic rings. The molecule has 2 N–H and O–H groups in total. The van der Waals surface area contributed by atoms with Crippen molar-refractivity contribution in [1.29, 1.82) is 0 Å². The summed E-state index contributed by atoms with van der Waals surface area (Å²) in [6, 6.07) is 7.76. The second-order valence-corrected chi connectivity index (χ2v) is 8.82. The Morgan fingerprint density at radius 1 is 0.868 bits per heavy atom. The van der Waals surface area contributed by atoms with Gasteiger partial charge in [-0.3, -0.25) is 9.59 Å². The molecule has 0 bridgehead atoms. The number of halogens is 8. The number of amides is 2. The fourth-order valence-corrected chi connectivity index (χ4v) is 3.99. The third-order valence-corrected chi connectivity index (χ3v) is 5.89. The standard InChI is InChI=1S/C24H18BrF7N2O4/c1-11-9-13(22(26,23(27,28)29)24(30,31)32)10-12(2)18(11)34-20(35)14-5-4-6-15(19(14)37-3)33-21(36)16-7-8-17(25)38-16/h4-10H,1-3H3,(H,33,36)(H,34,35). The molecule has 1 heterocycles. The molecular formula is C24H18BrF7N2O4. The number of para-hydroxylation sites is 1. The first-order chi connectivity index (χ1) is 17.5. The number of aryl methyl sites for hydroxylation is 2. The normalized spacial score (nSPS) is 12.3. The first-order valence-corrected chi connectivity index (χ1v) is 11.3. The van der Waals surface area contributed by atoms with Gasteiger partial charge in [-0.2, -0.15) is 26.3 Å². The van der Waals surface area contributed by atoms with Crippen LogP contribution in [0, 0.1) is 13.8 Å². The number of hydrogen-bond acceptors (Lipinski definition) is 4. The molecule has 1 aromatic heterocycles. The van der Waals surface area contributed by atoms with E-state index < -0.39 is 35.4 Å². The highest BCUT2D eigenvalue weighted by Crippen LogP contribution is 2.53. The van der Waals surface area contributed by atoms with Gasteiger partial charge in [-0.25, -0.2) is 4.39 Å². The van der Waals surface area contributed by atoms with Crippen LogP contribution in [0.25, 0.3) is 0 Å². The van der Waals surface area contributed by atoms with Gasteiger partial charge in [-0.05, 0) is 65.2 Å². The largest absolute Gasteiger partial charge is 0.494 e. The van der Waals surface area contributed by atoms with Crippen LogP contribution in [0.5, 0.6) is 5.75 Å². The Hall–Kier alpha value is -3.55. The molecular weight excluding hydrogens is 593 g/mol. The smallest absolute Gasteiger partial charge is 0.435 e. The van der Waals surface area contributed by atoms with Gasteiger partial charge in [-0.15, -0.1) is 0 Å². The van der Waals surface area contributed by atoms with Gasteiger partial charge in [0.15, 0.2) is 16.2 Å². The van der Waals surface area contributed by atoms with Crippen molar-refractivity contribution in [2.45, 2.75) is 31.9 Å². The molecule has 0 spiro atoms. The van der Waals surface area contributed by atoms with Gasteiger partial charge in [0.05, 0.1) is 18.4 Å². The lowest BCUT2D eigenvalue weighted by atomic mass is 9.90. The first kappa shape index (κ1) is 29.0. The maximum Gasteiger partial charge on any atom is 0.435 e. The number of furan rings is 1. The number of nitrogens with one attached hydrogen (secondary N) is 2. The van der Waals surface area contributed by atoms with E-state index >= 15 is 0 Å². The number of alkyl halides is 7. The molecule has 0 aliphatic heterocycles. The number of anilines is 2. The minimum absolute atomic E-state index is 0.0539. The highest BCUT2D eigenvalue weighted by atomic mass is 79.9. The number of rotatable bonds is 6. The minimum atomic E-state index is -6.28. The zero-order valence-corrected chi connectivity index (χ0v) is 21.3. The summed E-state index contributed by atoms with van der Waals surface area (Å²) in [5.41, 5.74) is -7.98. The zero-order chi connectivity index (χ0) is 28.6. The first-order valence-electron chi connectivity index (χ1n) is 10.5. The Morgan fingerprint density at radius 3 is 1.92 bits per heavy atom. The van der Waals surface area contributed by atoms with Crippen LogP contribution < -0.4 is 15.4 Å². The summed E-state index contributed by atoms with van der Waals surface area (Å²) < 4.78 is 104. The number of carbonyl (C=O) groups excluding carboxylic acids is 2. The topological polar surface area (TPSA) is 80.6 Å². The minimum Gasteiger partial charge on any atom is -0.494 e. The molecule has 3 aromatic rings. The van der Waals surface area contributed by atoms with Crippen LogP contribution in [0.1, 0.15) is 37.6 Å². The van der Waals surface area contributed by atoms with Crippen LogP contribution in [-0.2, 0) is 5.67 Å². The number of hydrogen-bond donors (Lipinski definition) is 2. The Kier molecular flexibility index (Phi) is 7.87. The predicted molar refractivity (Wildman–Crippen MR) is 126 cm³/mol. The molecule has 0 radical (unpaired) electrons. The summed E-state index contributed by atoms with van der Waals surface area (Å²) in [7, 11) is 1.21. The predicted octanol–water partition coefficient (Wildman–Crippen LogP) is 7.46. The van der Waals surface area contributed by atoms with Crippen molar-refractivity contribution in [3.8, 4) is 5.75 Å². The summed E-state index contributed by atoms with van der Waals surface area (Å²) in [4.78, 5) is 25.5. The fraction of sp³-hybridized carbons (Fsp3) is 0.250. The second kappa shape index (κ2) is 10.3. The van der Waals surface area contributed by atoms with E-state index in [9.17, 15) is 40.3 Å². The van der Waals surface area contributed by atoms with Gasteiger partial charge in [-0.1, -0.05) is 18.2 Å². The van der Waals surface area contributed by atoms with Crippen molar-refractivity contribution in [3.05, 3.63) is 75.1 Å². The molecule has 0 fully saturated rings. The third-order valence-electron chi connectivity index (χ3n) is 5.46. The van der Waals surface area contributed by atoms with Gasteiger partial charge in [0.1, 0.15) is 0 Å². The van der Waals surface area contributed by atoms with Crippen molar-refractivity contribution in [1.82, 2.24) is 0 Å². The molecule has 204 valence electrons. The molecule has 0 unspecified atom stereocenters. The Bertz CT molecular complexity index is 1350. The molecule has 0 aliphatic carbocycles. The molecule has 14 heteroatoms. The van der Waals surface area contributed by atoms with Crippen LogP contribution in [0.2, 0.25) is 0 Å².